The zero-order valence-corrected chi connectivity index (χ0v) is 16.3. The molecular formula is C22H25N3O3. The third kappa shape index (κ3) is 3.23. The first kappa shape index (κ1) is 18.5. The second kappa shape index (κ2) is 6.93. The standard InChI is InChI=1S/C22H25N3O3/c1-12-5-4-6-19(23-12)24-20-13(2)21(15-7-8-15)25(14(3)26)18-10-9-16(22(27)28)11-17(18)20/h4-6,9-11,13,15,20-21H,7-8H2,1-3H3,(H,23,24)(H,27,28)/t13-,20?,21-/m1/s1. The predicted octanol–water partition coefficient (Wildman–Crippen LogP) is 4.02. The highest BCUT2D eigenvalue weighted by Crippen LogP contribution is 2.50. The zero-order chi connectivity index (χ0) is 20.0. The van der Waals surface area contributed by atoms with E-state index in [1.165, 1.54) is 0 Å². The van der Waals surface area contributed by atoms with Gasteiger partial charge in [0, 0.05) is 30.3 Å². The predicted molar refractivity (Wildman–Crippen MR) is 108 cm³/mol. The average molecular weight is 379 g/mol. The van der Waals surface area contributed by atoms with Gasteiger partial charge in [0.2, 0.25) is 5.91 Å². The lowest BCUT2D eigenvalue weighted by molar-refractivity contribution is -0.117. The molecule has 2 heterocycles. The van der Waals surface area contributed by atoms with Gasteiger partial charge in [0.05, 0.1) is 11.6 Å². The largest absolute Gasteiger partial charge is 0.478 e. The van der Waals surface area contributed by atoms with Crippen molar-refractivity contribution in [1.29, 1.82) is 0 Å². The number of anilines is 2. The molecule has 0 saturated heterocycles. The van der Waals surface area contributed by atoms with Gasteiger partial charge >= 0.3 is 5.97 Å². The molecule has 6 heteroatoms. The van der Waals surface area contributed by atoms with Crippen LogP contribution in [0.5, 0.6) is 0 Å². The summed E-state index contributed by atoms with van der Waals surface area (Å²) in [6, 6.07) is 10.8. The summed E-state index contributed by atoms with van der Waals surface area (Å²) < 4.78 is 0. The topological polar surface area (TPSA) is 82.5 Å². The quantitative estimate of drug-likeness (QED) is 0.838. The number of nitrogens with zero attached hydrogens (tertiary/aromatic N) is 2. The number of amides is 1. The molecule has 28 heavy (non-hydrogen) atoms. The van der Waals surface area contributed by atoms with Crippen LogP contribution in [0.2, 0.25) is 0 Å². The van der Waals surface area contributed by atoms with Crippen molar-refractivity contribution in [1.82, 2.24) is 4.98 Å². The summed E-state index contributed by atoms with van der Waals surface area (Å²) in [6.45, 7) is 5.67. The van der Waals surface area contributed by atoms with E-state index in [0.717, 1.165) is 35.6 Å². The maximum Gasteiger partial charge on any atom is 0.335 e. The number of carboxylic acid groups (broad SMARTS) is 1. The van der Waals surface area contributed by atoms with Crippen LogP contribution in [0.4, 0.5) is 11.5 Å². The van der Waals surface area contributed by atoms with E-state index < -0.39 is 5.97 Å². The van der Waals surface area contributed by atoms with Crippen molar-refractivity contribution in [3.8, 4) is 0 Å². The van der Waals surface area contributed by atoms with Crippen LogP contribution in [0.15, 0.2) is 36.4 Å². The molecule has 146 valence electrons. The fourth-order valence-corrected chi connectivity index (χ4v) is 4.48. The minimum Gasteiger partial charge on any atom is -0.478 e. The molecule has 0 bridgehead atoms. The summed E-state index contributed by atoms with van der Waals surface area (Å²) in [7, 11) is 0. The van der Waals surface area contributed by atoms with E-state index in [1.54, 1.807) is 25.1 Å². The first-order chi connectivity index (χ1) is 13.4. The number of aryl methyl sites for hydroxylation is 1. The summed E-state index contributed by atoms with van der Waals surface area (Å²) >= 11 is 0. The molecule has 1 fully saturated rings. The fourth-order valence-electron chi connectivity index (χ4n) is 4.48. The minimum atomic E-state index is -0.971. The van der Waals surface area contributed by atoms with E-state index >= 15 is 0 Å². The van der Waals surface area contributed by atoms with Gasteiger partial charge < -0.3 is 15.3 Å². The van der Waals surface area contributed by atoms with E-state index in [4.69, 9.17) is 0 Å². The number of aromatic carboxylic acids is 1. The maximum atomic E-state index is 12.6. The Hall–Kier alpha value is -2.89. The normalized spacial score (nSPS) is 23.8. The van der Waals surface area contributed by atoms with Gasteiger partial charge in [-0.1, -0.05) is 13.0 Å². The molecule has 6 nitrogen and oxygen atoms in total. The molecule has 2 N–H and O–H groups in total. The highest BCUT2D eigenvalue weighted by atomic mass is 16.4. The highest BCUT2D eigenvalue weighted by molar-refractivity contribution is 5.96. The van der Waals surface area contributed by atoms with Crippen molar-refractivity contribution in [2.24, 2.45) is 11.8 Å². The molecule has 2 aliphatic rings. The number of rotatable bonds is 4. The van der Waals surface area contributed by atoms with Crippen molar-refractivity contribution < 1.29 is 14.7 Å². The number of aromatic nitrogens is 1. The SMILES string of the molecule is CC(=O)N1c2ccc(C(=O)O)cc2C(Nc2cccc(C)n2)[C@@H](C)[C@@H]1C1CC1. The molecule has 1 aliphatic heterocycles. The van der Waals surface area contributed by atoms with Gasteiger partial charge in [0.15, 0.2) is 0 Å². The monoisotopic (exact) mass is 379 g/mol. The maximum absolute atomic E-state index is 12.6. The summed E-state index contributed by atoms with van der Waals surface area (Å²) in [5.41, 5.74) is 2.78. The van der Waals surface area contributed by atoms with Crippen LogP contribution in [0.3, 0.4) is 0 Å². The first-order valence-electron chi connectivity index (χ1n) is 9.74. The fraction of sp³-hybridized carbons (Fsp3) is 0.409. The Morgan fingerprint density at radius 3 is 2.57 bits per heavy atom. The number of pyridine rings is 1. The smallest absolute Gasteiger partial charge is 0.335 e. The third-order valence-electron chi connectivity index (χ3n) is 5.87. The molecule has 4 rings (SSSR count). The Balaban J connectivity index is 1.83. The van der Waals surface area contributed by atoms with Crippen LogP contribution in [0, 0.1) is 18.8 Å². The van der Waals surface area contributed by atoms with Crippen LogP contribution in [-0.4, -0.2) is 28.0 Å². The van der Waals surface area contributed by atoms with Crippen molar-refractivity contribution in [3.63, 3.8) is 0 Å². The Morgan fingerprint density at radius 2 is 1.96 bits per heavy atom. The summed E-state index contributed by atoms with van der Waals surface area (Å²) in [5.74, 6) is 0.396. The Labute approximate surface area is 164 Å². The van der Waals surface area contributed by atoms with Crippen LogP contribution >= 0.6 is 0 Å². The molecule has 0 spiro atoms. The van der Waals surface area contributed by atoms with E-state index in [2.05, 4.69) is 17.2 Å². The van der Waals surface area contributed by atoms with Gasteiger partial charge in [-0.05, 0) is 61.6 Å². The molecular weight excluding hydrogens is 354 g/mol. The molecule has 1 unspecified atom stereocenters. The summed E-state index contributed by atoms with van der Waals surface area (Å²) in [6.07, 6.45) is 2.24. The van der Waals surface area contributed by atoms with Crippen LogP contribution in [0.1, 0.15) is 54.3 Å². The van der Waals surface area contributed by atoms with Gasteiger partial charge in [-0.3, -0.25) is 4.79 Å². The van der Waals surface area contributed by atoms with Gasteiger partial charge in [-0.15, -0.1) is 0 Å². The Morgan fingerprint density at radius 1 is 1.21 bits per heavy atom. The molecule has 3 atom stereocenters. The molecule has 2 aromatic rings. The van der Waals surface area contributed by atoms with E-state index in [0.29, 0.717) is 5.92 Å². The lowest BCUT2D eigenvalue weighted by Gasteiger charge is -2.46. The van der Waals surface area contributed by atoms with Crippen molar-refractivity contribution in [2.45, 2.75) is 45.7 Å². The van der Waals surface area contributed by atoms with Gasteiger partial charge in [0.25, 0.3) is 0 Å². The lowest BCUT2D eigenvalue weighted by atomic mass is 9.79. The summed E-state index contributed by atoms with van der Waals surface area (Å²) in [5, 5.41) is 13.0. The second-order valence-electron chi connectivity index (χ2n) is 7.94. The number of benzene rings is 1. The number of carbonyl (C=O) groups is 2. The molecule has 1 amide bonds. The Bertz CT molecular complexity index is 938. The number of carbonyl (C=O) groups excluding carboxylic acids is 1. The number of hydrogen-bond donors (Lipinski definition) is 2. The number of nitrogens with one attached hydrogen (secondary N) is 1. The van der Waals surface area contributed by atoms with Gasteiger partial charge in [-0.25, -0.2) is 9.78 Å². The molecule has 1 aromatic carbocycles. The van der Waals surface area contributed by atoms with Crippen LogP contribution in [0.25, 0.3) is 0 Å². The van der Waals surface area contributed by atoms with E-state index in [9.17, 15) is 14.7 Å². The first-order valence-corrected chi connectivity index (χ1v) is 9.74. The average Bonchev–Trinajstić information content (AvgIpc) is 3.47. The second-order valence-corrected chi connectivity index (χ2v) is 7.94. The Kier molecular flexibility index (Phi) is 4.57. The van der Waals surface area contributed by atoms with Crippen molar-refractivity contribution in [2.75, 3.05) is 10.2 Å². The number of hydrogen-bond acceptors (Lipinski definition) is 4. The summed E-state index contributed by atoms with van der Waals surface area (Å²) in [4.78, 5) is 30.6. The molecule has 1 aliphatic carbocycles. The van der Waals surface area contributed by atoms with Crippen molar-refractivity contribution in [3.05, 3.63) is 53.2 Å². The zero-order valence-electron chi connectivity index (χ0n) is 16.3. The molecule has 1 aromatic heterocycles. The van der Waals surface area contributed by atoms with E-state index in [-0.39, 0.29) is 29.5 Å². The van der Waals surface area contributed by atoms with Gasteiger partial charge in [-0.2, -0.15) is 0 Å². The van der Waals surface area contributed by atoms with Crippen LogP contribution in [-0.2, 0) is 4.79 Å². The molecule has 0 radical (unpaired) electrons. The van der Waals surface area contributed by atoms with Crippen LogP contribution < -0.4 is 10.2 Å². The van der Waals surface area contributed by atoms with E-state index in [1.807, 2.05) is 30.0 Å². The third-order valence-corrected chi connectivity index (χ3v) is 5.87. The number of fused-ring (bicyclic) bond motifs is 1. The number of carboxylic acids is 1. The van der Waals surface area contributed by atoms with Gasteiger partial charge in [0.1, 0.15) is 5.82 Å². The lowest BCUT2D eigenvalue weighted by Crippen LogP contribution is -2.51. The molecule has 1 saturated carbocycles. The van der Waals surface area contributed by atoms with Crippen molar-refractivity contribution >= 4 is 23.4 Å². The highest BCUT2D eigenvalue weighted by Gasteiger charge is 2.47. The minimum absolute atomic E-state index is 0.000190.